The lowest BCUT2D eigenvalue weighted by Crippen LogP contribution is -2.50. The molecule has 7 heteroatoms. The van der Waals surface area contributed by atoms with Gasteiger partial charge in [-0.25, -0.2) is 0 Å². The number of rotatable bonds is 2. The molecule has 0 aromatic heterocycles. The molecule has 2 N–H and O–H groups in total. The highest BCUT2D eigenvalue weighted by Crippen LogP contribution is 2.18. The highest BCUT2D eigenvalue weighted by Gasteiger charge is 2.33. The van der Waals surface area contributed by atoms with Gasteiger partial charge in [0.15, 0.2) is 0 Å². The van der Waals surface area contributed by atoms with Gasteiger partial charge in [-0.2, -0.15) is 13.2 Å². The second kappa shape index (κ2) is 4.41. The Morgan fingerprint density at radius 2 is 2.21 bits per heavy atom. The van der Waals surface area contributed by atoms with Gasteiger partial charge in [-0.15, -0.1) is 0 Å². The van der Waals surface area contributed by atoms with Gasteiger partial charge in [0.2, 0.25) is 0 Å². The molecule has 1 saturated heterocycles. The summed E-state index contributed by atoms with van der Waals surface area (Å²) in [5.41, 5.74) is 5.29. The number of nitrogens with zero attached hydrogens (tertiary/aromatic N) is 1. The van der Waals surface area contributed by atoms with E-state index in [1.54, 1.807) is 0 Å². The standard InChI is InChI=1S/C7H11F3N2OS/c8-7(9,10)4-12-1-2-13-5(3-12)6(11)14/h5H,1-4H2,(H2,11,14). The maximum absolute atomic E-state index is 12.0. The molecule has 1 atom stereocenters. The summed E-state index contributed by atoms with van der Waals surface area (Å²) in [6.45, 7) is -0.318. The Morgan fingerprint density at radius 3 is 2.71 bits per heavy atom. The van der Waals surface area contributed by atoms with E-state index in [9.17, 15) is 13.2 Å². The minimum Gasteiger partial charge on any atom is -0.391 e. The molecule has 3 nitrogen and oxygen atoms in total. The summed E-state index contributed by atoms with van der Waals surface area (Å²) < 4.78 is 41.2. The second-order valence-electron chi connectivity index (χ2n) is 3.11. The number of nitrogens with two attached hydrogens (primary N) is 1. The van der Waals surface area contributed by atoms with E-state index < -0.39 is 18.8 Å². The Labute approximate surface area is 85.0 Å². The molecule has 1 rings (SSSR count). The Hall–Kier alpha value is -0.400. The number of alkyl halides is 3. The Balaban J connectivity index is 2.44. The first kappa shape index (κ1) is 11.7. The van der Waals surface area contributed by atoms with Crippen molar-refractivity contribution in [1.82, 2.24) is 4.90 Å². The van der Waals surface area contributed by atoms with Gasteiger partial charge < -0.3 is 10.5 Å². The Morgan fingerprint density at radius 1 is 1.57 bits per heavy atom. The lowest BCUT2D eigenvalue weighted by molar-refractivity contribution is -0.155. The minimum absolute atomic E-state index is 0.108. The molecule has 0 aromatic rings. The first-order valence-corrected chi connectivity index (χ1v) is 4.49. The number of thiocarbonyl (C=S) groups is 1. The molecule has 1 heterocycles. The molecule has 1 aliphatic heterocycles. The van der Waals surface area contributed by atoms with Gasteiger partial charge in [0.05, 0.1) is 13.2 Å². The van der Waals surface area contributed by atoms with Gasteiger partial charge in [-0.05, 0) is 0 Å². The van der Waals surface area contributed by atoms with Crippen LogP contribution in [-0.2, 0) is 4.74 Å². The fraction of sp³-hybridized carbons (Fsp3) is 0.857. The summed E-state index contributed by atoms with van der Waals surface area (Å²) in [4.78, 5) is 1.35. The third-order valence-electron chi connectivity index (χ3n) is 1.87. The summed E-state index contributed by atoms with van der Waals surface area (Å²) in [6.07, 6.45) is -4.74. The van der Waals surface area contributed by atoms with E-state index in [-0.39, 0.29) is 24.7 Å². The van der Waals surface area contributed by atoms with Gasteiger partial charge in [0.1, 0.15) is 11.1 Å². The third-order valence-corrected chi connectivity index (χ3v) is 2.13. The van der Waals surface area contributed by atoms with E-state index in [4.69, 9.17) is 10.5 Å². The van der Waals surface area contributed by atoms with Crippen LogP contribution in [0.2, 0.25) is 0 Å². The summed E-state index contributed by atoms with van der Waals surface area (Å²) >= 11 is 4.65. The zero-order chi connectivity index (χ0) is 10.8. The Kier molecular flexibility index (Phi) is 3.68. The molecular weight excluding hydrogens is 217 g/mol. The minimum atomic E-state index is -4.18. The maximum Gasteiger partial charge on any atom is 0.401 e. The van der Waals surface area contributed by atoms with Gasteiger partial charge in [0, 0.05) is 13.1 Å². The summed E-state index contributed by atoms with van der Waals surface area (Å²) in [7, 11) is 0. The molecule has 1 aliphatic rings. The van der Waals surface area contributed by atoms with E-state index in [2.05, 4.69) is 12.2 Å². The summed E-state index contributed by atoms with van der Waals surface area (Å²) in [6, 6.07) is 0. The predicted octanol–water partition coefficient (Wildman–Crippen LogP) is 0.536. The molecular formula is C7H11F3N2OS. The van der Waals surface area contributed by atoms with Crippen molar-refractivity contribution in [2.45, 2.75) is 12.3 Å². The molecule has 82 valence electrons. The van der Waals surface area contributed by atoms with Crippen molar-refractivity contribution >= 4 is 17.2 Å². The van der Waals surface area contributed by atoms with Crippen LogP contribution >= 0.6 is 12.2 Å². The lowest BCUT2D eigenvalue weighted by atomic mass is 10.2. The number of ether oxygens (including phenoxy) is 1. The van der Waals surface area contributed by atoms with Crippen LogP contribution < -0.4 is 5.73 Å². The van der Waals surface area contributed by atoms with Crippen LogP contribution in [-0.4, -0.2) is 48.4 Å². The third kappa shape index (κ3) is 3.77. The van der Waals surface area contributed by atoms with Crippen LogP contribution in [0.15, 0.2) is 0 Å². The van der Waals surface area contributed by atoms with Gasteiger partial charge in [-0.3, -0.25) is 4.90 Å². The van der Waals surface area contributed by atoms with Crippen molar-refractivity contribution in [3.63, 3.8) is 0 Å². The molecule has 0 saturated carbocycles. The molecule has 0 bridgehead atoms. The molecule has 1 unspecified atom stereocenters. The summed E-state index contributed by atoms with van der Waals surface area (Å²) in [5.74, 6) is 0. The topological polar surface area (TPSA) is 38.5 Å². The number of morpholine rings is 1. The van der Waals surface area contributed by atoms with Crippen molar-refractivity contribution in [3.8, 4) is 0 Å². The second-order valence-corrected chi connectivity index (χ2v) is 3.58. The Bertz CT molecular complexity index is 221. The molecule has 1 fully saturated rings. The van der Waals surface area contributed by atoms with Gasteiger partial charge >= 0.3 is 6.18 Å². The monoisotopic (exact) mass is 228 g/mol. The number of halogens is 3. The van der Waals surface area contributed by atoms with E-state index >= 15 is 0 Å². The van der Waals surface area contributed by atoms with E-state index in [1.807, 2.05) is 0 Å². The predicted molar refractivity (Wildman–Crippen MR) is 49.0 cm³/mol. The van der Waals surface area contributed by atoms with Crippen molar-refractivity contribution in [2.24, 2.45) is 5.73 Å². The molecule has 0 aliphatic carbocycles. The SMILES string of the molecule is NC(=S)C1CN(CC(F)(F)F)CCO1. The number of hydrogen-bond acceptors (Lipinski definition) is 3. The average Bonchev–Trinajstić information content (AvgIpc) is 2.01. The highest BCUT2D eigenvalue weighted by molar-refractivity contribution is 7.80. The lowest BCUT2D eigenvalue weighted by Gasteiger charge is -2.32. The van der Waals surface area contributed by atoms with Crippen molar-refractivity contribution in [2.75, 3.05) is 26.2 Å². The molecule has 0 spiro atoms. The largest absolute Gasteiger partial charge is 0.401 e. The molecule has 14 heavy (non-hydrogen) atoms. The quantitative estimate of drug-likeness (QED) is 0.700. The highest BCUT2D eigenvalue weighted by atomic mass is 32.1. The smallest absolute Gasteiger partial charge is 0.391 e. The van der Waals surface area contributed by atoms with Crippen molar-refractivity contribution in [3.05, 3.63) is 0 Å². The normalized spacial score (nSPS) is 24.9. The average molecular weight is 228 g/mol. The van der Waals surface area contributed by atoms with Crippen LogP contribution in [0, 0.1) is 0 Å². The fourth-order valence-electron chi connectivity index (χ4n) is 1.27. The summed E-state index contributed by atoms with van der Waals surface area (Å²) in [5, 5.41) is 0. The van der Waals surface area contributed by atoms with Crippen molar-refractivity contribution < 1.29 is 17.9 Å². The molecule has 0 amide bonds. The zero-order valence-electron chi connectivity index (χ0n) is 7.38. The van der Waals surface area contributed by atoms with Gasteiger partial charge in [-0.1, -0.05) is 12.2 Å². The van der Waals surface area contributed by atoms with E-state index in [0.29, 0.717) is 0 Å². The van der Waals surface area contributed by atoms with E-state index in [1.165, 1.54) is 4.90 Å². The van der Waals surface area contributed by atoms with Crippen LogP contribution in [0.5, 0.6) is 0 Å². The zero-order valence-corrected chi connectivity index (χ0v) is 8.20. The van der Waals surface area contributed by atoms with Crippen LogP contribution in [0.4, 0.5) is 13.2 Å². The first-order chi connectivity index (χ1) is 6.38. The van der Waals surface area contributed by atoms with Crippen molar-refractivity contribution in [1.29, 1.82) is 0 Å². The van der Waals surface area contributed by atoms with E-state index in [0.717, 1.165) is 0 Å². The molecule has 0 aromatic carbocycles. The van der Waals surface area contributed by atoms with Crippen LogP contribution in [0.3, 0.4) is 0 Å². The van der Waals surface area contributed by atoms with Crippen LogP contribution in [0.1, 0.15) is 0 Å². The number of hydrogen-bond donors (Lipinski definition) is 1. The first-order valence-electron chi connectivity index (χ1n) is 4.08. The van der Waals surface area contributed by atoms with Gasteiger partial charge in [0.25, 0.3) is 0 Å². The van der Waals surface area contributed by atoms with Crippen LogP contribution in [0.25, 0.3) is 0 Å². The molecule has 0 radical (unpaired) electrons. The maximum atomic E-state index is 12.0. The fourth-order valence-corrected chi connectivity index (χ4v) is 1.41.